The van der Waals surface area contributed by atoms with Crippen LogP contribution < -0.4 is 25.0 Å². The zero-order valence-corrected chi connectivity index (χ0v) is 21.3. The number of ether oxygens (including phenoxy) is 2. The smallest absolute Gasteiger partial charge is 0.251 e. The van der Waals surface area contributed by atoms with Gasteiger partial charge in [0, 0.05) is 42.9 Å². The van der Waals surface area contributed by atoms with E-state index in [0.717, 1.165) is 27.9 Å². The third kappa shape index (κ3) is 4.71. The summed E-state index contributed by atoms with van der Waals surface area (Å²) in [5.41, 5.74) is 4.37. The summed E-state index contributed by atoms with van der Waals surface area (Å²) in [6.07, 6.45) is 0. The highest BCUT2D eigenvalue weighted by Crippen LogP contribution is 2.44. The standard InChI is InChI=1S/C28H30FN3O4/c1-16-7-8-18(29)13-24(16)36-15-22-20(21-10-9-19(30-17(2)33)14-25(21)35-6)11-12-23-26(22)32(5)27(34)28(3,4)31-23/h7-14,31H,15H2,1-6H3,(H,30,33). The van der Waals surface area contributed by atoms with Crippen LogP contribution >= 0.6 is 0 Å². The molecule has 2 amide bonds. The Labute approximate surface area is 210 Å². The summed E-state index contributed by atoms with van der Waals surface area (Å²) in [6, 6.07) is 13.7. The van der Waals surface area contributed by atoms with Gasteiger partial charge in [-0.3, -0.25) is 9.59 Å². The van der Waals surface area contributed by atoms with Crippen LogP contribution in [0.2, 0.25) is 0 Å². The van der Waals surface area contributed by atoms with Crippen molar-refractivity contribution in [2.45, 2.75) is 39.8 Å². The first-order valence-corrected chi connectivity index (χ1v) is 11.6. The predicted molar refractivity (Wildman–Crippen MR) is 139 cm³/mol. The molecule has 0 saturated heterocycles. The number of hydrogen-bond donors (Lipinski definition) is 2. The van der Waals surface area contributed by atoms with Gasteiger partial charge in [0.25, 0.3) is 5.91 Å². The van der Waals surface area contributed by atoms with E-state index in [4.69, 9.17) is 9.47 Å². The van der Waals surface area contributed by atoms with Gasteiger partial charge < -0.3 is 25.0 Å². The maximum atomic E-state index is 13.9. The molecule has 0 unspecified atom stereocenters. The number of fused-ring (bicyclic) bond motifs is 1. The molecular weight excluding hydrogens is 461 g/mol. The first-order valence-electron chi connectivity index (χ1n) is 11.6. The van der Waals surface area contributed by atoms with E-state index < -0.39 is 11.4 Å². The van der Waals surface area contributed by atoms with Crippen molar-refractivity contribution in [3.63, 3.8) is 0 Å². The monoisotopic (exact) mass is 491 g/mol. The van der Waals surface area contributed by atoms with Gasteiger partial charge in [-0.2, -0.15) is 0 Å². The Bertz CT molecular complexity index is 1350. The highest BCUT2D eigenvalue weighted by molar-refractivity contribution is 6.09. The summed E-state index contributed by atoms with van der Waals surface area (Å²) in [5, 5.41) is 6.09. The number of anilines is 3. The number of nitrogens with one attached hydrogen (secondary N) is 2. The predicted octanol–water partition coefficient (Wildman–Crippen LogP) is 5.51. The Balaban J connectivity index is 1.87. The second-order valence-corrected chi connectivity index (χ2v) is 9.40. The SMILES string of the molecule is COc1cc(NC(C)=O)ccc1-c1ccc2c(c1COc1cc(F)ccc1C)N(C)C(=O)C(C)(C)N2. The molecule has 1 aliphatic rings. The molecule has 0 aliphatic carbocycles. The van der Waals surface area contributed by atoms with Crippen molar-refractivity contribution in [1.82, 2.24) is 0 Å². The molecule has 0 bridgehead atoms. The Morgan fingerprint density at radius 2 is 1.81 bits per heavy atom. The maximum absolute atomic E-state index is 13.9. The Kier molecular flexibility index (Phi) is 6.63. The van der Waals surface area contributed by atoms with E-state index in [2.05, 4.69) is 10.6 Å². The van der Waals surface area contributed by atoms with E-state index in [1.165, 1.54) is 19.1 Å². The number of halogens is 1. The number of carbonyl (C=O) groups excluding carboxylic acids is 2. The summed E-state index contributed by atoms with van der Waals surface area (Å²) in [4.78, 5) is 26.3. The van der Waals surface area contributed by atoms with Crippen LogP contribution in [0.5, 0.6) is 11.5 Å². The minimum Gasteiger partial charge on any atom is -0.496 e. The maximum Gasteiger partial charge on any atom is 0.251 e. The molecule has 3 aromatic carbocycles. The number of aryl methyl sites for hydroxylation is 1. The number of carbonyl (C=O) groups is 2. The van der Waals surface area contributed by atoms with Crippen molar-refractivity contribution < 1.29 is 23.5 Å². The first kappa shape index (κ1) is 25.0. The van der Waals surface area contributed by atoms with Crippen molar-refractivity contribution >= 4 is 28.9 Å². The van der Waals surface area contributed by atoms with Crippen molar-refractivity contribution in [3.8, 4) is 22.6 Å². The van der Waals surface area contributed by atoms with E-state index in [-0.39, 0.29) is 18.4 Å². The normalized spacial score (nSPS) is 14.1. The molecule has 188 valence electrons. The number of methoxy groups -OCH3 is 1. The molecule has 1 heterocycles. The Morgan fingerprint density at radius 3 is 2.50 bits per heavy atom. The van der Waals surface area contributed by atoms with E-state index >= 15 is 0 Å². The minimum absolute atomic E-state index is 0.0825. The summed E-state index contributed by atoms with van der Waals surface area (Å²) in [6.45, 7) is 7.03. The zero-order valence-electron chi connectivity index (χ0n) is 21.3. The summed E-state index contributed by atoms with van der Waals surface area (Å²) in [7, 11) is 3.29. The summed E-state index contributed by atoms with van der Waals surface area (Å²) >= 11 is 0. The Morgan fingerprint density at radius 1 is 1.08 bits per heavy atom. The number of likely N-dealkylation sites (N-methyl/N-ethyl adjacent to an activating group) is 1. The van der Waals surface area contributed by atoms with Crippen molar-refractivity contribution in [2.75, 3.05) is 29.7 Å². The number of hydrogen-bond acceptors (Lipinski definition) is 5. The highest BCUT2D eigenvalue weighted by Gasteiger charge is 2.38. The number of amides is 2. The van der Waals surface area contributed by atoms with E-state index in [1.807, 2.05) is 39.0 Å². The lowest BCUT2D eigenvalue weighted by Crippen LogP contribution is -2.52. The minimum atomic E-state index is -0.780. The lowest BCUT2D eigenvalue weighted by molar-refractivity contribution is -0.121. The molecule has 0 aromatic heterocycles. The molecule has 0 spiro atoms. The van der Waals surface area contributed by atoms with Crippen molar-refractivity contribution in [3.05, 3.63) is 65.5 Å². The van der Waals surface area contributed by atoms with Gasteiger partial charge in [-0.05, 0) is 56.2 Å². The van der Waals surface area contributed by atoms with Crippen LogP contribution in [0.25, 0.3) is 11.1 Å². The molecule has 8 heteroatoms. The zero-order chi connectivity index (χ0) is 26.2. The van der Waals surface area contributed by atoms with Gasteiger partial charge in [-0.1, -0.05) is 12.1 Å². The van der Waals surface area contributed by atoms with E-state index in [1.54, 1.807) is 37.3 Å². The van der Waals surface area contributed by atoms with Crippen LogP contribution in [-0.4, -0.2) is 31.5 Å². The lowest BCUT2D eigenvalue weighted by atomic mass is 9.91. The fourth-order valence-corrected chi connectivity index (χ4v) is 4.50. The average molecular weight is 492 g/mol. The van der Waals surface area contributed by atoms with Crippen LogP contribution in [0.3, 0.4) is 0 Å². The number of benzene rings is 3. The molecule has 3 aromatic rings. The molecule has 2 N–H and O–H groups in total. The van der Waals surface area contributed by atoms with Gasteiger partial charge in [0.05, 0.1) is 18.5 Å². The molecule has 0 saturated carbocycles. The molecule has 7 nitrogen and oxygen atoms in total. The molecule has 1 aliphatic heterocycles. The molecule has 0 atom stereocenters. The van der Waals surface area contributed by atoms with Gasteiger partial charge in [-0.25, -0.2) is 4.39 Å². The molecule has 4 rings (SSSR count). The van der Waals surface area contributed by atoms with Gasteiger partial charge in [0.2, 0.25) is 5.91 Å². The lowest BCUT2D eigenvalue weighted by Gasteiger charge is -2.39. The third-order valence-electron chi connectivity index (χ3n) is 6.24. The topological polar surface area (TPSA) is 79.9 Å². The second-order valence-electron chi connectivity index (χ2n) is 9.40. The number of rotatable bonds is 6. The fraction of sp³-hybridized carbons (Fsp3) is 0.286. The van der Waals surface area contributed by atoms with Gasteiger partial charge in [0.1, 0.15) is 29.5 Å². The largest absolute Gasteiger partial charge is 0.496 e. The van der Waals surface area contributed by atoms with Gasteiger partial charge >= 0.3 is 0 Å². The van der Waals surface area contributed by atoms with Crippen LogP contribution in [0, 0.1) is 12.7 Å². The van der Waals surface area contributed by atoms with Crippen LogP contribution in [0.15, 0.2) is 48.5 Å². The molecule has 0 radical (unpaired) electrons. The van der Waals surface area contributed by atoms with Crippen molar-refractivity contribution in [1.29, 1.82) is 0 Å². The quantitative estimate of drug-likeness (QED) is 0.475. The summed E-state index contributed by atoms with van der Waals surface area (Å²) in [5.74, 6) is 0.291. The fourth-order valence-electron chi connectivity index (χ4n) is 4.50. The first-order chi connectivity index (χ1) is 17.0. The molecule has 36 heavy (non-hydrogen) atoms. The van der Waals surface area contributed by atoms with Crippen LogP contribution in [-0.2, 0) is 16.2 Å². The van der Waals surface area contributed by atoms with E-state index in [0.29, 0.717) is 22.9 Å². The van der Waals surface area contributed by atoms with Crippen LogP contribution in [0.1, 0.15) is 31.9 Å². The van der Waals surface area contributed by atoms with E-state index in [9.17, 15) is 14.0 Å². The van der Waals surface area contributed by atoms with Gasteiger partial charge in [0.15, 0.2) is 0 Å². The number of nitrogens with zero attached hydrogens (tertiary/aromatic N) is 1. The molecule has 0 fully saturated rings. The van der Waals surface area contributed by atoms with Crippen LogP contribution in [0.4, 0.5) is 21.5 Å². The van der Waals surface area contributed by atoms with Gasteiger partial charge in [-0.15, -0.1) is 0 Å². The molecular formula is C28H30FN3O4. The average Bonchev–Trinajstić information content (AvgIpc) is 2.82. The second kappa shape index (κ2) is 9.53. The Hall–Kier alpha value is -4.07. The van der Waals surface area contributed by atoms with Crippen molar-refractivity contribution in [2.24, 2.45) is 0 Å². The summed E-state index contributed by atoms with van der Waals surface area (Å²) < 4.78 is 25.7. The third-order valence-corrected chi connectivity index (χ3v) is 6.24. The highest BCUT2D eigenvalue weighted by atomic mass is 19.1.